The zero-order valence-corrected chi connectivity index (χ0v) is 14.3. The van der Waals surface area contributed by atoms with E-state index in [4.69, 9.17) is 0 Å². The summed E-state index contributed by atoms with van der Waals surface area (Å²) in [6, 6.07) is 6.62. The second kappa shape index (κ2) is 5.45. The number of carbonyl (C=O) groups is 2. The van der Waals surface area contributed by atoms with Gasteiger partial charge in [-0.25, -0.2) is 0 Å². The summed E-state index contributed by atoms with van der Waals surface area (Å²) in [4.78, 5) is 24.2. The Morgan fingerprint density at radius 3 is 2.25 bits per heavy atom. The van der Waals surface area contributed by atoms with Crippen molar-refractivity contribution in [2.24, 2.45) is 0 Å². The second-order valence-corrected chi connectivity index (χ2v) is 8.42. The van der Waals surface area contributed by atoms with E-state index in [0.29, 0.717) is 5.56 Å². The molecule has 0 radical (unpaired) electrons. The fourth-order valence-corrected chi connectivity index (χ4v) is 2.51. The van der Waals surface area contributed by atoms with Gasteiger partial charge in [-0.2, -0.15) is 0 Å². The van der Waals surface area contributed by atoms with Gasteiger partial charge in [0.1, 0.15) is 5.76 Å². The molecule has 5 heteroatoms. The zero-order valence-electron chi connectivity index (χ0n) is 11.1. The second-order valence-electron chi connectivity index (χ2n) is 5.27. The number of ketones is 2. The number of Topliss-reactive ketones (excluding diaryl/α,β-unsaturated/α-hetero) is 2. The van der Waals surface area contributed by atoms with E-state index in [1.54, 1.807) is 24.3 Å². The Hall–Kier alpha value is -0.940. The SMILES string of the molecule is CC(C)(Br)C(Br)CC1=C(O)c2ccccc2C(=O)C1=O. The van der Waals surface area contributed by atoms with E-state index >= 15 is 0 Å². The van der Waals surface area contributed by atoms with Crippen LogP contribution in [0.15, 0.2) is 29.8 Å². The van der Waals surface area contributed by atoms with Gasteiger partial charge in [0.05, 0.1) is 0 Å². The molecule has 1 N–H and O–H groups in total. The minimum Gasteiger partial charge on any atom is -0.507 e. The molecule has 0 saturated carbocycles. The first-order chi connectivity index (χ1) is 9.23. The third kappa shape index (κ3) is 2.74. The summed E-state index contributed by atoms with van der Waals surface area (Å²) in [6.07, 6.45) is 0.281. The van der Waals surface area contributed by atoms with Gasteiger partial charge < -0.3 is 5.11 Å². The fraction of sp³-hybridized carbons (Fsp3) is 0.333. The maximum absolute atomic E-state index is 12.2. The molecule has 20 heavy (non-hydrogen) atoms. The number of aliphatic hydroxyl groups excluding tert-OH is 1. The van der Waals surface area contributed by atoms with Gasteiger partial charge in [-0.15, -0.1) is 0 Å². The van der Waals surface area contributed by atoms with E-state index in [0.717, 1.165) is 0 Å². The molecule has 1 aliphatic carbocycles. The number of fused-ring (bicyclic) bond motifs is 1. The average Bonchev–Trinajstić information content (AvgIpc) is 2.39. The van der Waals surface area contributed by atoms with Crippen LogP contribution in [0.3, 0.4) is 0 Å². The number of allylic oxidation sites excluding steroid dienone is 1. The monoisotopic (exact) mass is 400 g/mol. The molecule has 0 bridgehead atoms. The van der Waals surface area contributed by atoms with Gasteiger partial charge in [0, 0.05) is 25.9 Å². The van der Waals surface area contributed by atoms with Crippen molar-refractivity contribution in [1.82, 2.24) is 0 Å². The van der Waals surface area contributed by atoms with Crippen molar-refractivity contribution in [3.63, 3.8) is 0 Å². The van der Waals surface area contributed by atoms with Crippen LogP contribution in [0.25, 0.3) is 5.76 Å². The predicted molar refractivity (Wildman–Crippen MR) is 85.7 cm³/mol. The van der Waals surface area contributed by atoms with E-state index < -0.39 is 11.6 Å². The molecule has 0 fully saturated rings. The molecule has 0 saturated heterocycles. The maximum atomic E-state index is 12.2. The normalized spacial score (nSPS) is 17.2. The highest BCUT2D eigenvalue weighted by molar-refractivity contribution is 9.12. The van der Waals surface area contributed by atoms with Crippen LogP contribution in [0.2, 0.25) is 0 Å². The Bertz CT molecular complexity index is 612. The van der Waals surface area contributed by atoms with Crippen molar-refractivity contribution in [2.75, 3.05) is 0 Å². The Labute approximate surface area is 134 Å². The smallest absolute Gasteiger partial charge is 0.234 e. The van der Waals surface area contributed by atoms with Gasteiger partial charge in [-0.3, -0.25) is 9.59 Å². The highest BCUT2D eigenvalue weighted by atomic mass is 79.9. The fourth-order valence-electron chi connectivity index (χ4n) is 2.03. The standard InChI is InChI=1S/C15H14Br2O3/c1-15(2,17)11(16)7-10-12(18)8-5-3-4-6-9(8)13(19)14(10)20/h3-6,11,18H,7H2,1-2H3. The lowest BCUT2D eigenvalue weighted by Gasteiger charge is -2.26. The van der Waals surface area contributed by atoms with Crippen LogP contribution in [-0.4, -0.2) is 25.8 Å². The number of rotatable bonds is 3. The average molecular weight is 402 g/mol. The van der Waals surface area contributed by atoms with Gasteiger partial charge in [-0.1, -0.05) is 56.1 Å². The molecule has 0 spiro atoms. The number of halogens is 2. The predicted octanol–water partition coefficient (Wildman–Crippen LogP) is 4.05. The van der Waals surface area contributed by atoms with E-state index in [9.17, 15) is 14.7 Å². The van der Waals surface area contributed by atoms with Crippen LogP contribution in [0.1, 0.15) is 36.2 Å². The third-order valence-electron chi connectivity index (χ3n) is 3.32. The largest absolute Gasteiger partial charge is 0.507 e. The van der Waals surface area contributed by atoms with Crippen LogP contribution >= 0.6 is 31.9 Å². The minimum atomic E-state index is -0.623. The minimum absolute atomic E-state index is 0.0887. The van der Waals surface area contributed by atoms with Gasteiger partial charge in [0.2, 0.25) is 11.6 Å². The number of hydrogen-bond donors (Lipinski definition) is 1. The summed E-state index contributed by atoms with van der Waals surface area (Å²) in [5.41, 5.74) is 0.866. The molecule has 3 nitrogen and oxygen atoms in total. The summed E-state index contributed by atoms with van der Waals surface area (Å²) in [7, 11) is 0. The number of hydrogen-bond acceptors (Lipinski definition) is 3. The highest BCUT2D eigenvalue weighted by Gasteiger charge is 2.35. The molecule has 0 aliphatic heterocycles. The first-order valence-electron chi connectivity index (χ1n) is 6.17. The van der Waals surface area contributed by atoms with Crippen molar-refractivity contribution < 1.29 is 14.7 Å². The molecule has 106 valence electrons. The Morgan fingerprint density at radius 2 is 1.70 bits per heavy atom. The van der Waals surface area contributed by atoms with Crippen LogP contribution in [0.4, 0.5) is 0 Å². The number of carbonyl (C=O) groups excluding carboxylic acids is 2. The van der Waals surface area contributed by atoms with E-state index in [2.05, 4.69) is 31.9 Å². The quantitative estimate of drug-likeness (QED) is 0.614. The van der Waals surface area contributed by atoms with Crippen molar-refractivity contribution in [2.45, 2.75) is 29.4 Å². The lowest BCUT2D eigenvalue weighted by molar-refractivity contribution is -0.112. The first kappa shape index (κ1) is 15.4. The molecule has 0 aromatic heterocycles. The number of benzene rings is 1. The molecule has 0 heterocycles. The molecule has 2 rings (SSSR count). The van der Waals surface area contributed by atoms with Crippen molar-refractivity contribution in [3.8, 4) is 0 Å². The van der Waals surface area contributed by atoms with Crippen molar-refractivity contribution in [1.29, 1.82) is 0 Å². The Balaban J connectivity index is 2.47. The van der Waals surface area contributed by atoms with Crippen molar-refractivity contribution in [3.05, 3.63) is 41.0 Å². The molecule has 0 amide bonds. The molecule has 1 aliphatic rings. The zero-order chi connectivity index (χ0) is 15.1. The van der Waals surface area contributed by atoms with Crippen LogP contribution in [0, 0.1) is 0 Å². The molecule has 1 aromatic rings. The third-order valence-corrected chi connectivity index (χ3v) is 5.96. The summed E-state index contributed by atoms with van der Waals surface area (Å²) in [5, 5.41) is 10.3. The van der Waals surface area contributed by atoms with Gasteiger partial charge in [-0.05, 0) is 20.3 Å². The van der Waals surface area contributed by atoms with Crippen LogP contribution in [-0.2, 0) is 4.79 Å². The number of aliphatic hydroxyl groups is 1. The Kier molecular flexibility index (Phi) is 4.21. The van der Waals surface area contributed by atoms with Gasteiger partial charge in [0.15, 0.2) is 0 Å². The summed E-state index contributed by atoms with van der Waals surface area (Å²) in [6.45, 7) is 3.90. The van der Waals surface area contributed by atoms with Crippen LogP contribution in [0.5, 0.6) is 0 Å². The van der Waals surface area contributed by atoms with Gasteiger partial charge >= 0.3 is 0 Å². The topological polar surface area (TPSA) is 54.4 Å². The summed E-state index contributed by atoms with van der Waals surface area (Å²) in [5.74, 6) is -1.27. The Morgan fingerprint density at radius 1 is 1.15 bits per heavy atom. The molecule has 1 atom stereocenters. The van der Waals surface area contributed by atoms with E-state index in [1.165, 1.54) is 0 Å². The highest BCUT2D eigenvalue weighted by Crippen LogP contribution is 2.36. The maximum Gasteiger partial charge on any atom is 0.234 e. The molecular weight excluding hydrogens is 388 g/mol. The van der Waals surface area contributed by atoms with Crippen LogP contribution < -0.4 is 0 Å². The first-order valence-corrected chi connectivity index (χ1v) is 7.88. The van der Waals surface area contributed by atoms with Crippen molar-refractivity contribution >= 4 is 49.2 Å². The van der Waals surface area contributed by atoms with E-state index in [-0.39, 0.29) is 32.5 Å². The van der Waals surface area contributed by atoms with Gasteiger partial charge in [0.25, 0.3) is 0 Å². The summed E-state index contributed by atoms with van der Waals surface area (Å²) < 4.78 is -0.263. The summed E-state index contributed by atoms with van der Waals surface area (Å²) >= 11 is 7.00. The van der Waals surface area contributed by atoms with E-state index in [1.807, 2.05) is 13.8 Å². The molecule has 1 aromatic carbocycles. The number of alkyl halides is 2. The molecule has 1 unspecified atom stereocenters. The lowest BCUT2D eigenvalue weighted by atomic mass is 9.85. The molecular formula is C15H14Br2O3. The lowest BCUT2D eigenvalue weighted by Crippen LogP contribution is -2.30.